The smallest absolute Gasteiger partial charge is 0.375 e. The van der Waals surface area contributed by atoms with Crippen molar-refractivity contribution in [2.75, 3.05) is 13.6 Å². The monoisotopic (exact) mass is 332 g/mol. The van der Waals surface area contributed by atoms with Crippen molar-refractivity contribution >= 4 is 29.2 Å². The van der Waals surface area contributed by atoms with Gasteiger partial charge in [0.2, 0.25) is 5.75 Å². The van der Waals surface area contributed by atoms with Gasteiger partial charge in [0.15, 0.2) is 5.75 Å². The second kappa shape index (κ2) is 6.94. The zero-order chi connectivity index (χ0) is 17.0. The molecule has 4 N–H and O–H groups in total. The van der Waals surface area contributed by atoms with E-state index in [0.29, 0.717) is 17.9 Å². The van der Waals surface area contributed by atoms with Crippen LogP contribution in [-0.2, 0) is 0 Å². The van der Waals surface area contributed by atoms with Crippen LogP contribution in [0.25, 0.3) is 0 Å². The fourth-order valence-corrected chi connectivity index (χ4v) is 1.89. The van der Waals surface area contributed by atoms with Crippen LogP contribution in [0.5, 0.6) is 11.5 Å². The number of nitrogens with zero attached hydrogens (tertiary/aromatic N) is 2. The van der Waals surface area contributed by atoms with E-state index in [1.807, 2.05) is 6.92 Å². The van der Waals surface area contributed by atoms with Crippen LogP contribution in [0.3, 0.4) is 0 Å². The first-order chi connectivity index (χ1) is 10.2. The van der Waals surface area contributed by atoms with Gasteiger partial charge >= 0.3 is 11.7 Å². The molecule has 0 saturated carbocycles. The van der Waals surface area contributed by atoms with Gasteiger partial charge in [-0.15, -0.1) is 0 Å². The summed E-state index contributed by atoms with van der Waals surface area (Å²) in [5.41, 5.74) is -1.58. The number of amides is 3. The summed E-state index contributed by atoms with van der Waals surface area (Å²) in [5, 5.41) is 30.0. The molecular formula is C12H15ClN3O6+. The number of phenolic OH excluding ortho intramolecular Hbond substituents is 2. The van der Waals surface area contributed by atoms with E-state index in [-0.39, 0.29) is 0 Å². The summed E-state index contributed by atoms with van der Waals surface area (Å²) >= 11 is 5.77. The SMILES string of the molecule is CCCNC(=O)N(C)C(=O)c1c(Cl)cc(O)c(O)c1[N+](=O)O. The predicted molar refractivity (Wildman–Crippen MR) is 75.6 cm³/mol. The molecule has 120 valence electrons. The lowest BCUT2D eigenvalue weighted by Gasteiger charge is -2.16. The molecule has 1 rings (SSSR count). The Morgan fingerprint density at radius 1 is 1.41 bits per heavy atom. The maximum atomic E-state index is 12.3. The van der Waals surface area contributed by atoms with E-state index in [4.69, 9.17) is 16.8 Å². The van der Waals surface area contributed by atoms with Gasteiger partial charge in [-0.25, -0.2) is 10.0 Å². The summed E-state index contributed by atoms with van der Waals surface area (Å²) < 4.78 is 0. The highest BCUT2D eigenvalue weighted by Crippen LogP contribution is 2.42. The molecule has 0 heterocycles. The number of imide groups is 1. The highest BCUT2D eigenvalue weighted by atomic mass is 35.5. The van der Waals surface area contributed by atoms with Crippen molar-refractivity contribution in [1.29, 1.82) is 0 Å². The van der Waals surface area contributed by atoms with Crippen LogP contribution >= 0.6 is 11.6 Å². The predicted octanol–water partition coefficient (Wildman–Crippen LogP) is 1.74. The van der Waals surface area contributed by atoms with Crippen molar-refractivity contribution in [1.82, 2.24) is 10.2 Å². The summed E-state index contributed by atoms with van der Waals surface area (Å²) in [6.45, 7) is 2.14. The van der Waals surface area contributed by atoms with Crippen molar-refractivity contribution in [3.63, 3.8) is 0 Å². The maximum Gasteiger partial charge on any atom is 0.375 e. The Morgan fingerprint density at radius 3 is 2.50 bits per heavy atom. The van der Waals surface area contributed by atoms with Crippen LogP contribution in [-0.4, -0.2) is 50.8 Å². The summed E-state index contributed by atoms with van der Waals surface area (Å²) in [6.07, 6.45) is 0.644. The van der Waals surface area contributed by atoms with Crippen LogP contribution < -0.4 is 5.32 Å². The second-order valence-corrected chi connectivity index (χ2v) is 4.73. The zero-order valence-electron chi connectivity index (χ0n) is 11.8. The van der Waals surface area contributed by atoms with E-state index in [1.54, 1.807) is 0 Å². The second-order valence-electron chi connectivity index (χ2n) is 4.32. The molecule has 0 radical (unpaired) electrons. The molecule has 9 nitrogen and oxygen atoms in total. The average molecular weight is 333 g/mol. The normalized spacial score (nSPS) is 10.1. The van der Waals surface area contributed by atoms with Crippen molar-refractivity contribution in [2.24, 2.45) is 0 Å². The largest absolute Gasteiger partial charge is 0.504 e. The lowest BCUT2D eigenvalue weighted by molar-refractivity contribution is -0.730. The first-order valence-corrected chi connectivity index (χ1v) is 6.56. The van der Waals surface area contributed by atoms with Gasteiger partial charge in [0, 0.05) is 19.7 Å². The van der Waals surface area contributed by atoms with Gasteiger partial charge in [0.1, 0.15) is 5.56 Å². The Hall–Kier alpha value is -2.55. The molecule has 10 heteroatoms. The van der Waals surface area contributed by atoms with Gasteiger partial charge in [0.25, 0.3) is 10.8 Å². The van der Waals surface area contributed by atoms with Crippen molar-refractivity contribution in [3.05, 3.63) is 21.6 Å². The number of rotatable bonds is 4. The molecule has 0 aliphatic carbocycles. The van der Waals surface area contributed by atoms with Gasteiger partial charge in [-0.3, -0.25) is 9.69 Å². The third-order valence-electron chi connectivity index (χ3n) is 2.75. The molecule has 0 fully saturated rings. The number of benzene rings is 1. The Kier molecular flexibility index (Phi) is 5.52. The molecule has 1 aromatic carbocycles. The number of hydrogen-bond donors (Lipinski definition) is 4. The van der Waals surface area contributed by atoms with Crippen LogP contribution in [0.1, 0.15) is 23.7 Å². The number of carbonyl (C=O) groups is 2. The first-order valence-electron chi connectivity index (χ1n) is 6.18. The van der Waals surface area contributed by atoms with Gasteiger partial charge < -0.3 is 15.5 Å². The van der Waals surface area contributed by atoms with Crippen LogP contribution in [0.4, 0.5) is 10.5 Å². The van der Waals surface area contributed by atoms with Crippen LogP contribution in [0, 0.1) is 4.91 Å². The molecule has 3 amide bonds. The molecule has 0 saturated heterocycles. The number of urea groups is 1. The molecule has 0 atom stereocenters. The number of halogens is 1. The van der Waals surface area contributed by atoms with Crippen LogP contribution in [0.15, 0.2) is 6.07 Å². The Balaban J connectivity index is 3.31. The Morgan fingerprint density at radius 2 is 2.00 bits per heavy atom. The molecule has 0 bridgehead atoms. The molecule has 0 aromatic heterocycles. The maximum absolute atomic E-state index is 12.3. The zero-order valence-corrected chi connectivity index (χ0v) is 12.6. The first kappa shape index (κ1) is 17.5. The number of nitrogens with one attached hydrogen (secondary N) is 1. The molecule has 0 spiro atoms. The molecule has 0 aliphatic heterocycles. The molecule has 0 aliphatic rings. The van der Waals surface area contributed by atoms with E-state index < -0.39 is 44.6 Å². The summed E-state index contributed by atoms with van der Waals surface area (Å²) in [6, 6.07) is 0.0615. The quantitative estimate of drug-likeness (QED) is 0.491. The topological polar surface area (TPSA) is 130 Å². The van der Waals surface area contributed by atoms with Crippen LogP contribution in [0.2, 0.25) is 5.02 Å². The van der Waals surface area contributed by atoms with Gasteiger partial charge in [-0.05, 0) is 6.42 Å². The van der Waals surface area contributed by atoms with E-state index in [0.717, 1.165) is 13.1 Å². The standard InChI is InChI=1S/C12H14ClN3O6/c1-3-4-14-12(20)15(2)11(19)8-6(13)5-7(17)10(18)9(8)16(21)22/h5H,3-4H2,1-2H3,(H3-,14,17,18,19,20,21,22)/p+1. The molecule has 1 aromatic rings. The third-order valence-corrected chi connectivity index (χ3v) is 3.04. The van der Waals surface area contributed by atoms with E-state index in [9.17, 15) is 24.7 Å². The van der Waals surface area contributed by atoms with Gasteiger partial charge in [-0.1, -0.05) is 18.5 Å². The minimum Gasteiger partial charge on any atom is -0.504 e. The van der Waals surface area contributed by atoms with E-state index >= 15 is 0 Å². The van der Waals surface area contributed by atoms with Gasteiger partial charge in [0.05, 0.1) is 9.93 Å². The minimum absolute atomic E-state index is 0.325. The number of hydrogen-bond acceptors (Lipinski definition) is 5. The van der Waals surface area contributed by atoms with Crippen molar-refractivity contribution in [2.45, 2.75) is 13.3 Å². The van der Waals surface area contributed by atoms with Crippen molar-refractivity contribution < 1.29 is 29.9 Å². The van der Waals surface area contributed by atoms with Crippen molar-refractivity contribution in [3.8, 4) is 11.5 Å². The summed E-state index contributed by atoms with van der Waals surface area (Å²) in [4.78, 5) is 35.0. The number of aromatic hydroxyl groups is 2. The Bertz CT molecular complexity index is 634. The van der Waals surface area contributed by atoms with Gasteiger partial charge in [-0.2, -0.15) is 0 Å². The fraction of sp³-hybridized carbons (Fsp3) is 0.333. The lowest BCUT2D eigenvalue weighted by atomic mass is 10.1. The molecule has 0 unspecified atom stereocenters. The molecule has 22 heavy (non-hydrogen) atoms. The summed E-state index contributed by atoms with van der Waals surface area (Å²) in [7, 11) is 1.13. The number of carbonyl (C=O) groups excluding carboxylic acids is 2. The third kappa shape index (κ3) is 3.37. The minimum atomic E-state index is -1.04. The van der Waals surface area contributed by atoms with E-state index in [1.165, 1.54) is 0 Å². The fourth-order valence-electron chi connectivity index (χ4n) is 1.61. The highest BCUT2D eigenvalue weighted by Gasteiger charge is 2.36. The lowest BCUT2D eigenvalue weighted by Crippen LogP contribution is -2.41. The average Bonchev–Trinajstić information content (AvgIpc) is 2.46. The summed E-state index contributed by atoms with van der Waals surface area (Å²) in [5.74, 6) is -2.88. The Labute approximate surface area is 130 Å². The highest BCUT2D eigenvalue weighted by molar-refractivity contribution is 6.35. The number of phenols is 2. The van der Waals surface area contributed by atoms with E-state index in [2.05, 4.69) is 5.32 Å². The molecular weight excluding hydrogens is 318 g/mol.